The number of benzene rings is 2. The van der Waals surface area contributed by atoms with Gasteiger partial charge in [0, 0.05) is 11.4 Å². The molecule has 0 aromatic heterocycles. The largest absolute Gasteiger partial charge is 0.442 e. The molecule has 0 saturated heterocycles. The molecule has 10 heteroatoms. The molecule has 0 atom stereocenters. The first-order chi connectivity index (χ1) is 11.9. The van der Waals surface area contributed by atoms with Crippen molar-refractivity contribution < 1.29 is 35.8 Å². The maximum Gasteiger partial charge on any atom is 0.398 e. The summed E-state index contributed by atoms with van der Waals surface area (Å²) in [6, 6.07) is 8.58. The van der Waals surface area contributed by atoms with Crippen LogP contribution in [0.15, 0.2) is 48.5 Å². The zero-order valence-corrected chi connectivity index (χ0v) is 12.9. The van der Waals surface area contributed by atoms with Gasteiger partial charge in [-0.05, 0) is 48.5 Å². The number of nitrogens with two attached hydrogens (primary N) is 2. The van der Waals surface area contributed by atoms with Crippen molar-refractivity contribution in [3.63, 3.8) is 0 Å². The molecule has 0 heterocycles. The third-order valence-corrected chi connectivity index (χ3v) is 3.90. The lowest BCUT2D eigenvalue weighted by Gasteiger charge is -2.56. The quantitative estimate of drug-likeness (QED) is 0.481. The van der Waals surface area contributed by atoms with Crippen molar-refractivity contribution in [1.82, 2.24) is 0 Å². The van der Waals surface area contributed by atoms with Gasteiger partial charge >= 0.3 is 23.6 Å². The van der Waals surface area contributed by atoms with Crippen LogP contribution < -0.4 is 20.9 Å². The van der Waals surface area contributed by atoms with E-state index in [0.717, 1.165) is 24.3 Å². The van der Waals surface area contributed by atoms with Gasteiger partial charge in [0.1, 0.15) is 11.5 Å². The molecule has 26 heavy (non-hydrogen) atoms. The smallest absolute Gasteiger partial charge is 0.398 e. The van der Waals surface area contributed by atoms with Crippen LogP contribution in [-0.4, -0.2) is 23.6 Å². The first-order valence-electron chi connectivity index (χ1n) is 7.17. The van der Waals surface area contributed by atoms with Crippen LogP contribution in [0.1, 0.15) is 0 Å². The number of hydrogen-bond acceptors (Lipinski definition) is 4. The van der Waals surface area contributed by atoms with E-state index >= 15 is 0 Å². The van der Waals surface area contributed by atoms with Gasteiger partial charge < -0.3 is 20.9 Å². The topological polar surface area (TPSA) is 70.5 Å². The van der Waals surface area contributed by atoms with Crippen molar-refractivity contribution in [3.8, 4) is 11.5 Å². The number of ether oxygens (including phenoxy) is 2. The van der Waals surface area contributed by atoms with Gasteiger partial charge in [-0.2, -0.15) is 26.3 Å². The van der Waals surface area contributed by atoms with E-state index in [-0.39, 0.29) is 11.4 Å². The molecule has 3 rings (SSSR count). The van der Waals surface area contributed by atoms with E-state index in [1.807, 2.05) is 0 Å². The van der Waals surface area contributed by atoms with Gasteiger partial charge in [-0.25, -0.2) is 0 Å². The van der Waals surface area contributed by atoms with E-state index in [2.05, 4.69) is 9.47 Å². The molecule has 0 amide bonds. The molecule has 0 bridgehead atoms. The van der Waals surface area contributed by atoms with Crippen molar-refractivity contribution in [2.75, 3.05) is 11.5 Å². The lowest BCUT2D eigenvalue weighted by Crippen LogP contribution is -2.90. The highest BCUT2D eigenvalue weighted by Gasteiger charge is 3.03. The number of anilines is 2. The van der Waals surface area contributed by atoms with Crippen molar-refractivity contribution in [3.05, 3.63) is 48.5 Å². The molecule has 0 spiro atoms. The second-order valence-corrected chi connectivity index (χ2v) is 5.68. The molecular weight excluding hydrogens is 366 g/mol. The Morgan fingerprint density at radius 1 is 0.538 bits per heavy atom. The van der Waals surface area contributed by atoms with Gasteiger partial charge in [0.05, 0.1) is 0 Å². The summed E-state index contributed by atoms with van der Waals surface area (Å²) in [5.74, 6) is -21.7. The minimum Gasteiger partial charge on any atom is -0.442 e. The van der Waals surface area contributed by atoms with Crippen LogP contribution in [-0.2, 0) is 0 Å². The molecule has 2 aromatic rings. The first-order valence-corrected chi connectivity index (χ1v) is 7.17. The Balaban J connectivity index is 2.07. The van der Waals surface area contributed by atoms with Gasteiger partial charge in [-0.3, -0.25) is 0 Å². The number of alkyl halides is 6. The van der Waals surface area contributed by atoms with E-state index in [4.69, 9.17) is 11.5 Å². The van der Waals surface area contributed by atoms with Crippen molar-refractivity contribution in [2.45, 2.75) is 23.6 Å². The van der Waals surface area contributed by atoms with Crippen LogP contribution in [0.25, 0.3) is 0 Å². The third-order valence-electron chi connectivity index (χ3n) is 3.90. The zero-order valence-electron chi connectivity index (χ0n) is 12.9. The molecule has 1 fully saturated rings. The normalized spacial score (nSPS) is 21.5. The molecule has 1 saturated carbocycles. The molecule has 1 aliphatic rings. The fraction of sp³-hybridized carbons (Fsp3) is 0.250. The predicted molar refractivity (Wildman–Crippen MR) is 80.5 cm³/mol. The summed E-state index contributed by atoms with van der Waals surface area (Å²) < 4.78 is 92.6. The van der Waals surface area contributed by atoms with Gasteiger partial charge in [0.2, 0.25) is 0 Å². The lowest BCUT2D eigenvalue weighted by molar-refractivity contribution is -0.527. The molecule has 2 aromatic carbocycles. The Morgan fingerprint density at radius 2 is 0.846 bits per heavy atom. The minimum atomic E-state index is -5.67. The second kappa shape index (κ2) is 5.36. The first kappa shape index (κ1) is 18.0. The fourth-order valence-corrected chi connectivity index (χ4v) is 2.43. The van der Waals surface area contributed by atoms with Crippen molar-refractivity contribution in [1.29, 1.82) is 0 Å². The molecule has 4 nitrogen and oxygen atoms in total. The Bertz CT molecular complexity index is 741. The highest BCUT2D eigenvalue weighted by molar-refractivity contribution is 5.44. The zero-order chi connectivity index (χ0) is 19.4. The van der Waals surface area contributed by atoms with Crippen molar-refractivity contribution in [2.24, 2.45) is 0 Å². The number of hydrogen-bond donors (Lipinski definition) is 2. The average molecular weight is 378 g/mol. The lowest BCUT2D eigenvalue weighted by atomic mass is 9.76. The Morgan fingerprint density at radius 3 is 1.15 bits per heavy atom. The van der Waals surface area contributed by atoms with E-state index in [0.29, 0.717) is 0 Å². The standard InChI is InChI=1S/C16H12F6N2O2/c17-13(18)14(19,20)16(15(13,21)22,25-11-5-1-9(23)2-6-11)26-12-7-3-10(24)4-8-12/h1-8H,23-24H2. The van der Waals surface area contributed by atoms with E-state index < -0.39 is 35.1 Å². The van der Waals surface area contributed by atoms with Crippen molar-refractivity contribution >= 4 is 11.4 Å². The van der Waals surface area contributed by atoms with Crippen LogP contribution in [0.2, 0.25) is 0 Å². The average Bonchev–Trinajstić information content (AvgIpc) is 2.57. The molecule has 4 N–H and O–H groups in total. The summed E-state index contributed by atoms with van der Waals surface area (Å²) in [7, 11) is 0. The van der Waals surface area contributed by atoms with Gasteiger partial charge in [-0.15, -0.1) is 0 Å². The maximum absolute atomic E-state index is 14.1. The van der Waals surface area contributed by atoms with Crippen LogP contribution in [0.4, 0.5) is 37.7 Å². The summed E-state index contributed by atoms with van der Waals surface area (Å²) in [4.78, 5) is 0. The second-order valence-electron chi connectivity index (χ2n) is 5.68. The Kier molecular flexibility index (Phi) is 3.71. The number of nitrogen functional groups attached to an aromatic ring is 2. The predicted octanol–water partition coefficient (Wildman–Crippen LogP) is 3.92. The van der Waals surface area contributed by atoms with Crippen LogP contribution in [0.3, 0.4) is 0 Å². The van der Waals surface area contributed by atoms with E-state index in [1.54, 1.807) is 0 Å². The summed E-state index contributed by atoms with van der Waals surface area (Å²) in [5.41, 5.74) is 11.2. The minimum absolute atomic E-state index is 0.184. The van der Waals surface area contributed by atoms with Gasteiger partial charge in [0.25, 0.3) is 0 Å². The van der Waals surface area contributed by atoms with Crippen LogP contribution >= 0.6 is 0 Å². The summed E-state index contributed by atoms with van der Waals surface area (Å²) in [5, 5.41) is 0. The van der Waals surface area contributed by atoms with Crippen LogP contribution in [0.5, 0.6) is 11.5 Å². The SMILES string of the molecule is Nc1ccc(OC2(Oc3ccc(N)cc3)C(F)(F)C(F)(F)C2(F)F)cc1. The summed E-state index contributed by atoms with van der Waals surface area (Å²) >= 11 is 0. The third kappa shape index (κ3) is 2.17. The Hall–Kier alpha value is -2.78. The van der Waals surface area contributed by atoms with Crippen LogP contribution in [0, 0.1) is 0 Å². The highest BCUT2D eigenvalue weighted by atomic mass is 19.4. The van der Waals surface area contributed by atoms with E-state index in [9.17, 15) is 26.3 Å². The molecule has 1 aliphatic carbocycles. The molecule has 0 aliphatic heterocycles. The molecule has 0 radical (unpaired) electrons. The number of rotatable bonds is 4. The van der Waals surface area contributed by atoms with Gasteiger partial charge in [0.15, 0.2) is 0 Å². The van der Waals surface area contributed by atoms with Gasteiger partial charge in [-0.1, -0.05) is 0 Å². The highest BCUT2D eigenvalue weighted by Crippen LogP contribution is 2.68. The fourth-order valence-electron chi connectivity index (χ4n) is 2.43. The molecule has 0 unspecified atom stereocenters. The monoisotopic (exact) mass is 378 g/mol. The Labute approximate surface area is 143 Å². The molecular formula is C16H12F6N2O2. The maximum atomic E-state index is 14.1. The number of halogens is 6. The summed E-state index contributed by atoms with van der Waals surface area (Å²) in [6.07, 6.45) is 0. The summed E-state index contributed by atoms with van der Waals surface area (Å²) in [6.45, 7) is 0. The molecule has 140 valence electrons. The van der Waals surface area contributed by atoms with E-state index in [1.165, 1.54) is 24.3 Å².